The van der Waals surface area contributed by atoms with Gasteiger partial charge in [-0.25, -0.2) is 13.2 Å². The number of thioether (sulfide) groups is 1. The summed E-state index contributed by atoms with van der Waals surface area (Å²) in [7, 11) is -4.95. The van der Waals surface area contributed by atoms with E-state index in [9.17, 15) is 37.5 Å². The van der Waals surface area contributed by atoms with E-state index >= 15 is 0 Å². The smallest absolute Gasteiger partial charge is 0.331 e. The minimum absolute atomic E-state index is 0.0791. The largest absolute Gasteiger partial charge is 0.744 e. The second kappa shape index (κ2) is 8.08. The maximum Gasteiger partial charge on any atom is 0.331 e. The highest BCUT2D eigenvalue weighted by atomic mass is 32.2. The van der Waals surface area contributed by atoms with Crippen LogP contribution in [0.15, 0.2) is 23.1 Å². The predicted octanol–water partition coefficient (Wildman–Crippen LogP) is 1.06. The van der Waals surface area contributed by atoms with Crippen LogP contribution < -0.4 is 4.74 Å². The predicted molar refractivity (Wildman–Crippen MR) is 99.2 cm³/mol. The van der Waals surface area contributed by atoms with Gasteiger partial charge >= 0.3 is 11.7 Å². The number of nitro benzene ring substituents is 1. The van der Waals surface area contributed by atoms with Gasteiger partial charge in [-0.3, -0.25) is 24.6 Å². The van der Waals surface area contributed by atoms with Gasteiger partial charge in [-0.05, 0) is 12.1 Å². The van der Waals surface area contributed by atoms with Crippen LogP contribution >= 0.6 is 11.8 Å². The average Bonchev–Trinajstić information content (AvgIpc) is 2.79. The van der Waals surface area contributed by atoms with Gasteiger partial charge in [0.15, 0.2) is 0 Å². The van der Waals surface area contributed by atoms with Gasteiger partial charge in [-0.1, -0.05) is 20.8 Å². The fourth-order valence-electron chi connectivity index (χ4n) is 2.50. The number of rotatable bonds is 6. The molecule has 0 saturated carbocycles. The van der Waals surface area contributed by atoms with E-state index in [1.165, 1.54) is 11.8 Å². The molecule has 2 rings (SSSR count). The van der Waals surface area contributed by atoms with Crippen LogP contribution in [0.1, 0.15) is 27.2 Å². The van der Waals surface area contributed by atoms with E-state index in [4.69, 9.17) is 4.74 Å². The number of carbonyl (C=O) groups excluding carboxylic acids is 3. The van der Waals surface area contributed by atoms with Gasteiger partial charge in [0.25, 0.3) is 0 Å². The maximum absolute atomic E-state index is 12.4. The Kier molecular flexibility index (Phi) is 6.35. The summed E-state index contributed by atoms with van der Waals surface area (Å²) in [6, 6.07) is 2.00. The van der Waals surface area contributed by atoms with Crippen molar-refractivity contribution in [3.05, 3.63) is 28.3 Å². The Morgan fingerprint density at radius 3 is 2.48 bits per heavy atom. The Balaban J connectivity index is 2.16. The highest BCUT2D eigenvalue weighted by Crippen LogP contribution is 2.35. The molecule has 0 aromatic heterocycles. The van der Waals surface area contributed by atoms with Crippen LogP contribution in [0.25, 0.3) is 0 Å². The summed E-state index contributed by atoms with van der Waals surface area (Å²) in [6.07, 6.45) is -0.0791. The molecule has 1 aliphatic rings. The number of carbonyl (C=O) groups is 3. The number of nitrogens with zero attached hydrogens (tertiary/aromatic N) is 2. The lowest BCUT2D eigenvalue weighted by Gasteiger charge is -2.21. The number of ether oxygens (including phenoxy) is 1. The van der Waals surface area contributed by atoms with Crippen LogP contribution in [0, 0.1) is 10.1 Å². The first-order valence-electron chi connectivity index (χ1n) is 8.16. The number of hydrogen-bond acceptors (Lipinski definition) is 10. The van der Waals surface area contributed by atoms with Crippen molar-refractivity contribution >= 4 is 45.4 Å². The Hall–Kier alpha value is -2.51. The minimum Gasteiger partial charge on any atom is -0.744 e. The van der Waals surface area contributed by atoms with Crippen molar-refractivity contribution < 1.29 is 37.0 Å². The van der Waals surface area contributed by atoms with E-state index in [1.54, 1.807) is 0 Å². The van der Waals surface area contributed by atoms with E-state index in [2.05, 4.69) is 0 Å². The third kappa shape index (κ3) is 5.74. The van der Waals surface area contributed by atoms with Crippen LogP contribution in [0.5, 0.6) is 5.75 Å². The fraction of sp³-hybridized carbons (Fsp3) is 0.438. The first kappa shape index (κ1) is 22.8. The lowest BCUT2D eigenvalue weighted by molar-refractivity contribution is -0.385. The molecule has 0 spiro atoms. The lowest BCUT2D eigenvalue weighted by atomic mass is 10.3. The van der Waals surface area contributed by atoms with Crippen molar-refractivity contribution in [3.8, 4) is 5.75 Å². The third-order valence-corrected chi connectivity index (χ3v) is 5.82. The second-order valence-electron chi connectivity index (χ2n) is 7.06. The van der Waals surface area contributed by atoms with Gasteiger partial charge in [0.05, 0.1) is 15.1 Å². The highest BCUT2D eigenvalue weighted by Gasteiger charge is 2.42. The number of esters is 1. The number of hydrogen-bond donors (Lipinski definition) is 0. The Morgan fingerprint density at radius 2 is 1.97 bits per heavy atom. The molecule has 1 heterocycles. The summed E-state index contributed by atoms with van der Waals surface area (Å²) < 4.78 is 37.6. The van der Waals surface area contributed by atoms with Gasteiger partial charge in [0.2, 0.25) is 17.6 Å². The normalized spacial score (nSPS) is 17.5. The maximum atomic E-state index is 12.4. The van der Waals surface area contributed by atoms with Crippen molar-refractivity contribution in [1.29, 1.82) is 0 Å². The summed E-state index contributed by atoms with van der Waals surface area (Å²) in [5.74, 6) is -2.88. The van der Waals surface area contributed by atoms with Crippen molar-refractivity contribution in [1.82, 2.24) is 4.90 Å². The van der Waals surface area contributed by atoms with Crippen LogP contribution in [0.4, 0.5) is 5.69 Å². The van der Waals surface area contributed by atoms with E-state index in [0.717, 1.165) is 12.1 Å². The molecule has 1 aliphatic heterocycles. The molecule has 1 atom stereocenters. The Morgan fingerprint density at radius 1 is 1.34 bits per heavy atom. The molecule has 1 unspecified atom stereocenters. The molecule has 2 amide bonds. The topological polar surface area (TPSA) is 164 Å². The number of likely N-dealkylation sites (tertiary alicyclic amines) is 1. The first-order chi connectivity index (χ1) is 13.2. The summed E-state index contributed by atoms with van der Waals surface area (Å²) in [6.45, 7) is 4.86. The van der Waals surface area contributed by atoms with Crippen molar-refractivity contribution in [2.45, 2.75) is 42.1 Å². The monoisotopic (exact) mass is 445 g/mol. The number of nitro groups is 1. The molecular formula is C16H17N2O9S2-. The van der Waals surface area contributed by atoms with Crippen LogP contribution in [0.3, 0.4) is 0 Å². The summed E-state index contributed by atoms with van der Waals surface area (Å²) in [4.78, 5) is 46.5. The SMILES string of the molecule is CC(C)(C)SC1CC(=O)N(CC(=O)Oc2ccc(S(=O)(=O)[O-])cc2[N+](=O)[O-])C1=O. The van der Waals surface area contributed by atoms with Gasteiger partial charge in [-0.2, -0.15) is 0 Å². The summed E-state index contributed by atoms with van der Waals surface area (Å²) in [5.41, 5.74) is -0.921. The highest BCUT2D eigenvalue weighted by molar-refractivity contribution is 8.01. The second-order valence-corrected chi connectivity index (χ2v) is 10.5. The zero-order valence-corrected chi connectivity index (χ0v) is 17.2. The number of imide groups is 1. The molecule has 158 valence electrons. The Labute approximate surface area is 170 Å². The van der Waals surface area contributed by atoms with E-state index in [0.29, 0.717) is 11.0 Å². The molecule has 1 aromatic carbocycles. The molecule has 0 radical (unpaired) electrons. The van der Waals surface area contributed by atoms with E-state index < -0.39 is 61.0 Å². The zero-order chi connectivity index (χ0) is 22.1. The van der Waals surface area contributed by atoms with Crippen LogP contribution in [-0.4, -0.2) is 57.1 Å². The molecule has 29 heavy (non-hydrogen) atoms. The molecule has 0 bridgehead atoms. The lowest BCUT2D eigenvalue weighted by Crippen LogP contribution is -2.38. The quantitative estimate of drug-likeness (QED) is 0.154. The average molecular weight is 445 g/mol. The Bertz CT molecular complexity index is 983. The third-order valence-electron chi connectivity index (χ3n) is 3.63. The van der Waals surface area contributed by atoms with Crippen LogP contribution in [-0.2, 0) is 24.5 Å². The van der Waals surface area contributed by atoms with Crippen molar-refractivity contribution in [2.24, 2.45) is 0 Å². The van der Waals surface area contributed by atoms with Gasteiger partial charge in [0.1, 0.15) is 16.7 Å². The molecule has 13 heteroatoms. The molecule has 0 aliphatic carbocycles. The van der Waals surface area contributed by atoms with E-state index in [-0.39, 0.29) is 11.2 Å². The van der Waals surface area contributed by atoms with Gasteiger partial charge < -0.3 is 9.29 Å². The standard InChI is InChI=1S/C16H18N2O9S2/c1-16(2,3)28-12-7-13(19)17(15(12)21)8-14(20)27-11-5-4-9(29(24,25)26)6-10(11)18(22)23/h4-6,12H,7-8H2,1-3H3,(H,24,25,26)/p-1. The number of amides is 2. The van der Waals surface area contributed by atoms with Crippen molar-refractivity contribution in [2.75, 3.05) is 6.54 Å². The molecule has 1 fully saturated rings. The zero-order valence-electron chi connectivity index (χ0n) is 15.6. The molecule has 1 saturated heterocycles. The molecule has 1 aromatic rings. The van der Waals surface area contributed by atoms with Gasteiger partial charge in [0, 0.05) is 17.2 Å². The van der Waals surface area contributed by atoms with Crippen LogP contribution in [0.2, 0.25) is 0 Å². The minimum atomic E-state index is -4.95. The molecule has 11 nitrogen and oxygen atoms in total. The van der Waals surface area contributed by atoms with Crippen molar-refractivity contribution in [3.63, 3.8) is 0 Å². The summed E-state index contributed by atoms with van der Waals surface area (Å²) >= 11 is 1.28. The molecule has 0 N–H and O–H groups in total. The molecular weight excluding hydrogens is 428 g/mol. The first-order valence-corrected chi connectivity index (χ1v) is 10.4. The number of benzene rings is 1. The van der Waals surface area contributed by atoms with E-state index in [1.807, 2.05) is 20.8 Å². The van der Waals surface area contributed by atoms with Gasteiger partial charge in [-0.15, -0.1) is 11.8 Å². The fourth-order valence-corrected chi connectivity index (χ4v) is 4.30. The summed E-state index contributed by atoms with van der Waals surface area (Å²) in [5, 5.41) is 10.5.